The van der Waals surface area contributed by atoms with Gasteiger partial charge in [-0.25, -0.2) is 4.79 Å². The summed E-state index contributed by atoms with van der Waals surface area (Å²) in [5.41, 5.74) is -2.25. The maximum Gasteiger partial charge on any atom is 0.418 e. The lowest BCUT2D eigenvalue weighted by atomic mass is 10.1. The van der Waals surface area contributed by atoms with Crippen molar-refractivity contribution in [2.24, 2.45) is 0 Å². The lowest BCUT2D eigenvalue weighted by molar-refractivity contribution is -0.384. The van der Waals surface area contributed by atoms with Gasteiger partial charge < -0.3 is 10.1 Å². The van der Waals surface area contributed by atoms with Gasteiger partial charge in [0.2, 0.25) is 0 Å². The number of nitro groups is 1. The third kappa shape index (κ3) is 5.42. The van der Waals surface area contributed by atoms with Crippen LogP contribution in [0.4, 0.5) is 24.5 Å². The molecule has 0 aromatic heterocycles. The fraction of sp³-hybridized carbons (Fsp3) is 0.125. The molecule has 7 nitrogen and oxygen atoms in total. The Bertz CT molecular complexity index is 902. The van der Waals surface area contributed by atoms with E-state index >= 15 is 0 Å². The van der Waals surface area contributed by atoms with Crippen LogP contribution in [-0.4, -0.2) is 23.4 Å². The number of halogens is 4. The highest BCUT2D eigenvalue weighted by molar-refractivity contribution is 6.30. The van der Waals surface area contributed by atoms with Gasteiger partial charge in [-0.15, -0.1) is 0 Å². The molecule has 1 amide bonds. The average molecular weight is 403 g/mol. The molecule has 0 saturated carbocycles. The number of alkyl halides is 3. The highest BCUT2D eigenvalue weighted by atomic mass is 35.5. The number of nitro benzene ring substituents is 1. The topological polar surface area (TPSA) is 98.5 Å². The number of nitrogens with zero attached hydrogens (tertiary/aromatic N) is 1. The predicted octanol–water partition coefficient (Wildman–Crippen LogP) is 4.06. The number of esters is 1. The Morgan fingerprint density at radius 1 is 1.19 bits per heavy atom. The van der Waals surface area contributed by atoms with Crippen LogP contribution in [0.2, 0.25) is 5.02 Å². The Morgan fingerprint density at radius 3 is 2.52 bits per heavy atom. The number of carbonyl (C=O) groups excluding carboxylic acids is 2. The van der Waals surface area contributed by atoms with Gasteiger partial charge in [-0.05, 0) is 24.3 Å². The maximum absolute atomic E-state index is 13.0. The lowest BCUT2D eigenvalue weighted by Crippen LogP contribution is -2.22. The van der Waals surface area contributed by atoms with Gasteiger partial charge >= 0.3 is 12.1 Å². The summed E-state index contributed by atoms with van der Waals surface area (Å²) in [7, 11) is 0. The fourth-order valence-corrected chi connectivity index (χ4v) is 2.18. The number of non-ortho nitro benzene ring substituents is 1. The zero-order valence-electron chi connectivity index (χ0n) is 13.2. The molecule has 2 aromatic carbocycles. The Morgan fingerprint density at radius 2 is 1.89 bits per heavy atom. The molecule has 2 rings (SSSR count). The van der Waals surface area contributed by atoms with Crippen LogP contribution in [0.1, 0.15) is 15.9 Å². The summed E-state index contributed by atoms with van der Waals surface area (Å²) >= 11 is 5.53. The van der Waals surface area contributed by atoms with Crippen LogP contribution in [0, 0.1) is 10.1 Å². The molecule has 1 N–H and O–H groups in total. The first-order valence-electron chi connectivity index (χ1n) is 7.16. The van der Waals surface area contributed by atoms with Crippen LogP contribution in [0.15, 0.2) is 42.5 Å². The van der Waals surface area contributed by atoms with Crippen LogP contribution in [-0.2, 0) is 15.7 Å². The van der Waals surface area contributed by atoms with Gasteiger partial charge in [-0.1, -0.05) is 17.7 Å². The van der Waals surface area contributed by atoms with Crippen molar-refractivity contribution in [3.8, 4) is 0 Å². The molecule has 0 aliphatic rings. The first-order valence-corrected chi connectivity index (χ1v) is 7.54. The molecule has 0 aliphatic carbocycles. The van der Waals surface area contributed by atoms with Crippen molar-refractivity contribution in [2.75, 3.05) is 11.9 Å². The molecule has 2 aromatic rings. The zero-order chi connectivity index (χ0) is 20.2. The van der Waals surface area contributed by atoms with E-state index < -0.39 is 40.8 Å². The van der Waals surface area contributed by atoms with Gasteiger partial charge in [-0.3, -0.25) is 14.9 Å². The number of ether oxygens (including phenoxy) is 1. The molecule has 0 bridgehead atoms. The molecule has 0 saturated heterocycles. The summed E-state index contributed by atoms with van der Waals surface area (Å²) in [6, 6.07) is 7.34. The van der Waals surface area contributed by atoms with E-state index in [1.807, 2.05) is 5.32 Å². The summed E-state index contributed by atoms with van der Waals surface area (Å²) in [5.74, 6) is -2.07. The smallest absolute Gasteiger partial charge is 0.418 e. The first kappa shape index (κ1) is 20.2. The van der Waals surface area contributed by atoms with Crippen molar-refractivity contribution in [1.82, 2.24) is 0 Å². The van der Waals surface area contributed by atoms with Crippen molar-refractivity contribution < 1.29 is 32.4 Å². The van der Waals surface area contributed by atoms with E-state index in [-0.39, 0.29) is 16.3 Å². The largest absolute Gasteiger partial charge is 0.452 e. The first-order chi connectivity index (χ1) is 12.6. The monoisotopic (exact) mass is 402 g/mol. The van der Waals surface area contributed by atoms with Crippen molar-refractivity contribution in [3.63, 3.8) is 0 Å². The molecule has 142 valence electrons. The fourth-order valence-electron chi connectivity index (χ4n) is 2.01. The van der Waals surface area contributed by atoms with E-state index in [0.29, 0.717) is 6.07 Å². The number of carbonyl (C=O) groups is 2. The number of amides is 1. The van der Waals surface area contributed by atoms with Gasteiger partial charge in [0, 0.05) is 17.2 Å². The molecule has 27 heavy (non-hydrogen) atoms. The second kappa shape index (κ2) is 8.04. The van der Waals surface area contributed by atoms with Gasteiger partial charge in [0.05, 0.1) is 21.7 Å². The molecular weight excluding hydrogens is 393 g/mol. The summed E-state index contributed by atoms with van der Waals surface area (Å²) in [4.78, 5) is 33.6. The molecule has 0 spiro atoms. The minimum Gasteiger partial charge on any atom is -0.452 e. The molecular formula is C16H10ClF3N2O5. The maximum atomic E-state index is 13.0. The van der Waals surface area contributed by atoms with Crippen LogP contribution >= 0.6 is 11.6 Å². The quantitative estimate of drug-likeness (QED) is 0.462. The average Bonchev–Trinajstić information content (AvgIpc) is 2.60. The number of nitrogens with one attached hydrogen (secondary N) is 1. The van der Waals surface area contributed by atoms with Gasteiger partial charge in [0.25, 0.3) is 11.6 Å². The molecule has 0 heterocycles. The summed E-state index contributed by atoms with van der Waals surface area (Å²) in [6.07, 6.45) is -4.76. The summed E-state index contributed by atoms with van der Waals surface area (Å²) in [6.45, 7) is -0.887. The number of hydrogen-bond donors (Lipinski definition) is 1. The molecule has 0 unspecified atom stereocenters. The Kier molecular flexibility index (Phi) is 6.01. The summed E-state index contributed by atoms with van der Waals surface area (Å²) < 4.78 is 43.6. The number of rotatable bonds is 5. The van der Waals surface area contributed by atoms with Gasteiger partial charge in [0.1, 0.15) is 0 Å². The normalized spacial score (nSPS) is 11.0. The molecule has 0 atom stereocenters. The predicted molar refractivity (Wildman–Crippen MR) is 88.5 cm³/mol. The Balaban J connectivity index is 2.04. The lowest BCUT2D eigenvalue weighted by Gasteiger charge is -2.14. The van der Waals surface area contributed by atoms with E-state index in [4.69, 9.17) is 11.6 Å². The number of hydrogen-bond acceptors (Lipinski definition) is 5. The molecule has 0 fully saturated rings. The van der Waals surface area contributed by atoms with E-state index in [1.54, 1.807) is 0 Å². The third-order valence-electron chi connectivity index (χ3n) is 3.19. The minimum absolute atomic E-state index is 0.169. The Hall–Kier alpha value is -3.14. The van der Waals surface area contributed by atoms with Crippen molar-refractivity contribution in [1.29, 1.82) is 0 Å². The van der Waals surface area contributed by atoms with Crippen molar-refractivity contribution in [3.05, 3.63) is 68.7 Å². The summed E-state index contributed by atoms with van der Waals surface area (Å²) in [5, 5.41) is 12.5. The van der Waals surface area contributed by atoms with Crippen molar-refractivity contribution in [2.45, 2.75) is 6.18 Å². The van der Waals surface area contributed by atoms with E-state index in [2.05, 4.69) is 4.74 Å². The van der Waals surface area contributed by atoms with E-state index in [1.165, 1.54) is 12.1 Å². The highest BCUT2D eigenvalue weighted by Gasteiger charge is 2.34. The van der Waals surface area contributed by atoms with Gasteiger partial charge in [-0.2, -0.15) is 13.2 Å². The SMILES string of the molecule is O=C(COC(=O)c1cccc([N+](=O)[O-])c1)Nc1ccc(Cl)cc1C(F)(F)F. The van der Waals surface area contributed by atoms with Crippen LogP contribution in [0.5, 0.6) is 0 Å². The minimum atomic E-state index is -4.76. The third-order valence-corrected chi connectivity index (χ3v) is 3.42. The number of anilines is 1. The van der Waals surface area contributed by atoms with E-state index in [9.17, 15) is 32.9 Å². The van der Waals surface area contributed by atoms with Gasteiger partial charge in [0.15, 0.2) is 6.61 Å². The van der Waals surface area contributed by atoms with E-state index in [0.717, 1.165) is 24.3 Å². The molecule has 11 heteroatoms. The second-order valence-electron chi connectivity index (χ2n) is 5.12. The second-order valence-corrected chi connectivity index (χ2v) is 5.56. The standard InChI is InChI=1S/C16H10ClF3N2O5/c17-10-4-5-13(12(7-10)16(18,19)20)21-14(23)8-27-15(24)9-2-1-3-11(6-9)22(25)26/h1-7H,8H2,(H,21,23). The van der Waals surface area contributed by atoms with Crippen LogP contribution in [0.25, 0.3) is 0 Å². The molecule has 0 radical (unpaired) electrons. The zero-order valence-corrected chi connectivity index (χ0v) is 14.0. The van der Waals surface area contributed by atoms with Crippen LogP contribution in [0.3, 0.4) is 0 Å². The Labute approximate surface area is 154 Å². The van der Waals surface area contributed by atoms with Crippen LogP contribution < -0.4 is 5.32 Å². The molecule has 0 aliphatic heterocycles. The number of benzene rings is 2. The van der Waals surface area contributed by atoms with Crippen molar-refractivity contribution >= 4 is 34.9 Å². The highest BCUT2D eigenvalue weighted by Crippen LogP contribution is 2.36.